The highest BCUT2D eigenvalue weighted by atomic mass is 35.5. The summed E-state index contributed by atoms with van der Waals surface area (Å²) in [6.45, 7) is 0.757. The van der Waals surface area contributed by atoms with Crippen molar-refractivity contribution < 1.29 is 0 Å². The van der Waals surface area contributed by atoms with Crippen molar-refractivity contribution in [1.82, 2.24) is 14.5 Å². The quantitative estimate of drug-likeness (QED) is 0.328. The summed E-state index contributed by atoms with van der Waals surface area (Å²) in [6, 6.07) is 28.6. The van der Waals surface area contributed by atoms with Gasteiger partial charge in [-0.25, -0.2) is 9.97 Å². The molecule has 0 unspecified atom stereocenters. The van der Waals surface area contributed by atoms with Crippen LogP contribution < -0.4 is 4.90 Å². The molecule has 0 aliphatic carbocycles. The van der Waals surface area contributed by atoms with Crippen molar-refractivity contribution in [1.29, 1.82) is 0 Å². The summed E-state index contributed by atoms with van der Waals surface area (Å²) < 4.78 is 2.11. The lowest BCUT2D eigenvalue weighted by Crippen LogP contribution is -2.18. The summed E-state index contributed by atoms with van der Waals surface area (Å²) in [7, 11) is 2.07. The number of aromatic nitrogens is 3. The zero-order valence-corrected chi connectivity index (χ0v) is 17.9. The first-order chi connectivity index (χ1) is 15.2. The van der Waals surface area contributed by atoms with Gasteiger partial charge in [-0.1, -0.05) is 72.3 Å². The fourth-order valence-electron chi connectivity index (χ4n) is 3.90. The van der Waals surface area contributed by atoms with Gasteiger partial charge in [-0.15, -0.1) is 0 Å². The highest BCUT2D eigenvalue weighted by Gasteiger charge is 2.19. The molecule has 0 N–H and O–H groups in total. The predicted molar refractivity (Wildman–Crippen MR) is 128 cm³/mol. The van der Waals surface area contributed by atoms with Crippen molar-refractivity contribution in [3.63, 3.8) is 0 Å². The largest absolute Gasteiger partial charge is 0.355 e. The van der Waals surface area contributed by atoms with Crippen LogP contribution in [0, 0.1) is 0 Å². The van der Waals surface area contributed by atoms with Crippen LogP contribution in [0.2, 0.25) is 5.02 Å². The Balaban J connectivity index is 1.71. The summed E-state index contributed by atoms with van der Waals surface area (Å²) >= 11 is 6.12. The van der Waals surface area contributed by atoms with E-state index in [4.69, 9.17) is 16.6 Å². The van der Waals surface area contributed by atoms with Crippen LogP contribution in [0.4, 0.5) is 5.82 Å². The van der Waals surface area contributed by atoms with Gasteiger partial charge >= 0.3 is 0 Å². The Labute approximate surface area is 186 Å². The number of hydrogen-bond acceptors (Lipinski definition) is 3. The molecular weight excluding hydrogens is 404 g/mol. The fraction of sp³-hybridized carbons (Fsp3) is 0.0769. The summed E-state index contributed by atoms with van der Waals surface area (Å²) in [6.07, 6.45) is 3.78. The van der Waals surface area contributed by atoms with Crippen molar-refractivity contribution in [3.8, 4) is 16.8 Å². The summed E-state index contributed by atoms with van der Waals surface area (Å²) in [5.74, 6) is 0.903. The number of benzene rings is 3. The van der Waals surface area contributed by atoms with E-state index in [1.165, 1.54) is 5.56 Å². The average molecular weight is 425 g/mol. The van der Waals surface area contributed by atoms with E-state index in [-0.39, 0.29) is 0 Å². The number of hydrogen-bond donors (Lipinski definition) is 0. The third-order valence-corrected chi connectivity index (χ3v) is 5.63. The van der Waals surface area contributed by atoms with Gasteiger partial charge in [0, 0.05) is 36.1 Å². The van der Waals surface area contributed by atoms with Crippen LogP contribution in [-0.4, -0.2) is 21.6 Å². The molecule has 5 aromatic rings. The average Bonchev–Trinajstić information content (AvgIpc) is 3.21. The summed E-state index contributed by atoms with van der Waals surface area (Å²) in [4.78, 5) is 11.5. The Morgan fingerprint density at radius 1 is 0.839 bits per heavy atom. The van der Waals surface area contributed by atoms with Crippen molar-refractivity contribution in [2.45, 2.75) is 6.54 Å². The normalized spacial score (nSPS) is 11.0. The zero-order valence-electron chi connectivity index (χ0n) is 17.1. The van der Waals surface area contributed by atoms with E-state index in [9.17, 15) is 0 Å². The van der Waals surface area contributed by atoms with Gasteiger partial charge in [-0.2, -0.15) is 0 Å². The molecule has 4 nitrogen and oxygen atoms in total. The minimum absolute atomic E-state index is 0.710. The Bertz CT molecular complexity index is 1310. The summed E-state index contributed by atoms with van der Waals surface area (Å²) in [5.41, 5.74) is 5.33. The Kier molecular flexibility index (Phi) is 5.14. The third kappa shape index (κ3) is 3.78. The molecule has 3 aromatic carbocycles. The van der Waals surface area contributed by atoms with Crippen LogP contribution in [0.25, 0.3) is 27.8 Å². The standard InChI is InChI=1S/C26H21ClN4/c1-30(16-19-8-4-2-5-9-19)25-24-23(20-10-6-3-7-11-20)17-31(26(24)29-18-28-25)22-14-12-21(27)13-15-22/h2-15,17-18H,16H2,1H3. The lowest BCUT2D eigenvalue weighted by molar-refractivity contribution is 0.899. The molecule has 0 bridgehead atoms. The smallest absolute Gasteiger partial charge is 0.150 e. The van der Waals surface area contributed by atoms with Crippen molar-refractivity contribution in [3.05, 3.63) is 108 Å². The molecule has 2 aromatic heterocycles. The molecule has 5 rings (SSSR count). The molecular formula is C26H21ClN4. The van der Waals surface area contributed by atoms with Gasteiger partial charge in [0.2, 0.25) is 0 Å². The molecule has 152 valence electrons. The van der Waals surface area contributed by atoms with Crippen molar-refractivity contribution in [2.24, 2.45) is 0 Å². The van der Waals surface area contributed by atoms with Gasteiger partial charge in [-0.3, -0.25) is 0 Å². The van der Waals surface area contributed by atoms with Gasteiger partial charge in [0.15, 0.2) is 5.65 Å². The molecule has 0 aliphatic rings. The molecule has 0 amide bonds. The molecule has 0 spiro atoms. The maximum Gasteiger partial charge on any atom is 0.150 e. The van der Waals surface area contributed by atoms with Gasteiger partial charge in [0.25, 0.3) is 0 Å². The van der Waals surface area contributed by atoms with Gasteiger partial charge < -0.3 is 9.47 Å². The van der Waals surface area contributed by atoms with E-state index >= 15 is 0 Å². The molecule has 0 atom stereocenters. The number of anilines is 1. The Morgan fingerprint density at radius 3 is 2.23 bits per heavy atom. The van der Waals surface area contributed by atoms with E-state index in [1.807, 2.05) is 36.4 Å². The Hall–Kier alpha value is -3.63. The second kappa shape index (κ2) is 8.25. The van der Waals surface area contributed by atoms with Gasteiger partial charge in [0.05, 0.1) is 5.39 Å². The van der Waals surface area contributed by atoms with E-state index in [2.05, 4.69) is 76.2 Å². The number of halogens is 1. The van der Waals surface area contributed by atoms with Crippen LogP contribution in [0.3, 0.4) is 0 Å². The highest BCUT2D eigenvalue weighted by Crippen LogP contribution is 2.36. The minimum atomic E-state index is 0.710. The molecule has 5 heteroatoms. The van der Waals surface area contributed by atoms with Crippen LogP contribution >= 0.6 is 11.6 Å². The van der Waals surface area contributed by atoms with Crippen LogP contribution in [0.5, 0.6) is 0 Å². The monoisotopic (exact) mass is 424 g/mol. The second-order valence-corrected chi connectivity index (χ2v) is 7.93. The molecule has 0 fully saturated rings. The zero-order chi connectivity index (χ0) is 21.2. The highest BCUT2D eigenvalue weighted by molar-refractivity contribution is 6.30. The number of fused-ring (bicyclic) bond motifs is 1. The maximum atomic E-state index is 6.12. The molecule has 0 saturated heterocycles. The van der Waals surface area contributed by atoms with Crippen molar-refractivity contribution in [2.75, 3.05) is 11.9 Å². The van der Waals surface area contributed by atoms with Crippen LogP contribution in [-0.2, 0) is 6.54 Å². The molecule has 0 saturated carbocycles. The molecule has 2 heterocycles. The van der Waals surface area contributed by atoms with E-state index in [0.29, 0.717) is 5.02 Å². The number of rotatable bonds is 5. The SMILES string of the molecule is CN(Cc1ccccc1)c1ncnc2c1c(-c1ccccc1)cn2-c1ccc(Cl)cc1. The second-order valence-electron chi connectivity index (χ2n) is 7.49. The lowest BCUT2D eigenvalue weighted by Gasteiger charge is -2.19. The predicted octanol–water partition coefficient (Wildman–Crippen LogP) is 6.38. The van der Waals surface area contributed by atoms with E-state index in [0.717, 1.165) is 40.2 Å². The molecule has 0 radical (unpaired) electrons. The molecule has 31 heavy (non-hydrogen) atoms. The first-order valence-electron chi connectivity index (χ1n) is 10.1. The topological polar surface area (TPSA) is 34.0 Å². The lowest BCUT2D eigenvalue weighted by atomic mass is 10.1. The number of nitrogens with zero attached hydrogens (tertiary/aromatic N) is 4. The van der Waals surface area contributed by atoms with Crippen LogP contribution in [0.15, 0.2) is 97.5 Å². The van der Waals surface area contributed by atoms with Gasteiger partial charge in [0.1, 0.15) is 12.1 Å². The first kappa shape index (κ1) is 19.3. The van der Waals surface area contributed by atoms with Crippen LogP contribution in [0.1, 0.15) is 5.56 Å². The first-order valence-corrected chi connectivity index (χ1v) is 10.5. The minimum Gasteiger partial charge on any atom is -0.355 e. The van der Waals surface area contributed by atoms with Gasteiger partial charge in [-0.05, 0) is 35.4 Å². The van der Waals surface area contributed by atoms with E-state index < -0.39 is 0 Å². The van der Waals surface area contributed by atoms with E-state index in [1.54, 1.807) is 6.33 Å². The summed E-state index contributed by atoms with van der Waals surface area (Å²) in [5, 5.41) is 1.74. The van der Waals surface area contributed by atoms with Crippen molar-refractivity contribution >= 4 is 28.5 Å². The molecule has 0 aliphatic heterocycles. The maximum absolute atomic E-state index is 6.12. The fourth-order valence-corrected chi connectivity index (χ4v) is 4.03. The Morgan fingerprint density at radius 2 is 1.52 bits per heavy atom. The third-order valence-electron chi connectivity index (χ3n) is 5.38.